The predicted octanol–water partition coefficient (Wildman–Crippen LogP) is -2.46. The monoisotopic (exact) mass is 346 g/mol. The molecule has 3 amide bonds. The number of nitrogens with one attached hydrogen (secondary N) is 3. The lowest BCUT2D eigenvalue weighted by atomic mass is 10.0. The summed E-state index contributed by atoms with van der Waals surface area (Å²) in [4.78, 5) is 46.1. The molecule has 0 fully saturated rings. The highest BCUT2D eigenvalue weighted by atomic mass is 16.4. The molecule has 10 heteroatoms. The van der Waals surface area contributed by atoms with E-state index in [4.69, 9.17) is 15.9 Å². The Kier molecular flexibility index (Phi) is 9.58. The molecule has 0 spiro atoms. The highest BCUT2D eigenvalue weighted by molar-refractivity contribution is 5.93. The van der Waals surface area contributed by atoms with Gasteiger partial charge in [-0.05, 0) is 19.3 Å². The van der Waals surface area contributed by atoms with Crippen molar-refractivity contribution in [2.75, 3.05) is 13.2 Å². The van der Waals surface area contributed by atoms with Crippen molar-refractivity contribution < 1.29 is 29.4 Å². The molecule has 0 saturated carbocycles. The summed E-state index contributed by atoms with van der Waals surface area (Å²) in [6, 6.07) is -3.05. The highest BCUT2D eigenvalue weighted by Gasteiger charge is 2.26. The second kappa shape index (κ2) is 10.6. The van der Waals surface area contributed by atoms with E-state index < -0.39 is 55.0 Å². The minimum Gasteiger partial charge on any atom is -0.480 e. The Morgan fingerprint density at radius 2 is 1.58 bits per heavy atom. The van der Waals surface area contributed by atoms with Gasteiger partial charge in [-0.3, -0.25) is 19.2 Å². The van der Waals surface area contributed by atoms with Gasteiger partial charge in [0.2, 0.25) is 17.7 Å². The van der Waals surface area contributed by atoms with E-state index in [1.54, 1.807) is 0 Å². The Labute approximate surface area is 140 Å². The van der Waals surface area contributed by atoms with Crippen LogP contribution in [0, 0.1) is 5.92 Å². The summed E-state index contributed by atoms with van der Waals surface area (Å²) in [7, 11) is 0. The van der Waals surface area contributed by atoms with E-state index >= 15 is 0 Å². The molecule has 0 aliphatic heterocycles. The molecule has 0 aromatic heterocycles. The summed E-state index contributed by atoms with van der Waals surface area (Å²) in [5.41, 5.74) is 5.40. The number of carboxylic acids is 1. The Morgan fingerprint density at radius 3 is 2.04 bits per heavy atom. The number of hydrogen-bond donors (Lipinski definition) is 6. The standard InChI is InChI=1S/C14H26N4O6/c1-7(2)4-10(18-13(23)9(15)6-19)14(24)17-8(3)12(22)16-5-11(20)21/h7-10,19H,4-6,15H2,1-3H3,(H,16,22)(H,17,24)(H,18,23)(H,20,21). The van der Waals surface area contributed by atoms with Crippen LogP contribution < -0.4 is 21.7 Å². The number of aliphatic carboxylic acids is 1. The quantitative estimate of drug-likeness (QED) is 0.255. The third-order valence-electron chi connectivity index (χ3n) is 3.04. The third kappa shape index (κ3) is 8.44. The largest absolute Gasteiger partial charge is 0.480 e. The normalized spacial score (nSPS) is 14.4. The van der Waals surface area contributed by atoms with Crippen molar-refractivity contribution in [2.24, 2.45) is 11.7 Å². The number of hydrogen-bond acceptors (Lipinski definition) is 6. The first kappa shape index (κ1) is 21.8. The summed E-state index contributed by atoms with van der Waals surface area (Å²) in [5, 5.41) is 24.4. The number of aliphatic hydroxyl groups excluding tert-OH is 1. The second-order valence-electron chi connectivity index (χ2n) is 5.82. The van der Waals surface area contributed by atoms with Crippen LogP contribution >= 0.6 is 0 Å². The summed E-state index contributed by atoms with van der Waals surface area (Å²) in [6.45, 7) is 3.97. The fourth-order valence-electron chi connectivity index (χ4n) is 1.76. The molecule has 0 saturated heterocycles. The first-order valence-electron chi connectivity index (χ1n) is 7.55. The average molecular weight is 346 g/mol. The minimum atomic E-state index is -1.20. The lowest BCUT2D eigenvalue weighted by Crippen LogP contribution is -2.56. The maximum atomic E-state index is 12.3. The molecule has 0 heterocycles. The summed E-state index contributed by atoms with van der Waals surface area (Å²) < 4.78 is 0. The second-order valence-corrected chi connectivity index (χ2v) is 5.82. The molecule has 0 aliphatic rings. The van der Waals surface area contributed by atoms with Crippen LogP contribution in [-0.2, 0) is 19.2 Å². The van der Waals surface area contributed by atoms with Gasteiger partial charge in [-0.1, -0.05) is 13.8 Å². The average Bonchev–Trinajstić information content (AvgIpc) is 2.50. The van der Waals surface area contributed by atoms with Gasteiger partial charge in [-0.2, -0.15) is 0 Å². The molecule has 0 aliphatic carbocycles. The Balaban J connectivity index is 4.77. The van der Waals surface area contributed by atoms with Crippen molar-refractivity contribution in [2.45, 2.75) is 45.3 Å². The van der Waals surface area contributed by atoms with Crippen LogP contribution in [0.25, 0.3) is 0 Å². The van der Waals surface area contributed by atoms with Crippen LogP contribution in [0.2, 0.25) is 0 Å². The molecular formula is C14H26N4O6. The molecule has 0 bridgehead atoms. The van der Waals surface area contributed by atoms with Gasteiger partial charge in [0.25, 0.3) is 0 Å². The third-order valence-corrected chi connectivity index (χ3v) is 3.04. The van der Waals surface area contributed by atoms with Gasteiger partial charge in [-0.25, -0.2) is 0 Å². The Bertz CT molecular complexity index is 468. The molecule has 7 N–H and O–H groups in total. The van der Waals surface area contributed by atoms with E-state index in [2.05, 4.69) is 16.0 Å². The van der Waals surface area contributed by atoms with Gasteiger partial charge in [0.1, 0.15) is 24.7 Å². The number of rotatable bonds is 10. The van der Waals surface area contributed by atoms with E-state index in [0.29, 0.717) is 6.42 Å². The fourth-order valence-corrected chi connectivity index (χ4v) is 1.76. The van der Waals surface area contributed by atoms with Crippen LogP contribution in [0.3, 0.4) is 0 Å². The van der Waals surface area contributed by atoms with E-state index in [1.165, 1.54) is 6.92 Å². The smallest absolute Gasteiger partial charge is 0.322 e. The van der Waals surface area contributed by atoms with Crippen LogP contribution in [-0.4, -0.2) is 65.2 Å². The Morgan fingerprint density at radius 1 is 1.00 bits per heavy atom. The molecule has 3 unspecified atom stereocenters. The molecule has 0 radical (unpaired) electrons. The van der Waals surface area contributed by atoms with Gasteiger partial charge >= 0.3 is 5.97 Å². The van der Waals surface area contributed by atoms with Gasteiger partial charge in [-0.15, -0.1) is 0 Å². The van der Waals surface area contributed by atoms with E-state index in [1.807, 2.05) is 13.8 Å². The lowest BCUT2D eigenvalue weighted by Gasteiger charge is -2.23. The predicted molar refractivity (Wildman–Crippen MR) is 84.7 cm³/mol. The van der Waals surface area contributed by atoms with Crippen LogP contribution in [0.15, 0.2) is 0 Å². The van der Waals surface area contributed by atoms with Crippen molar-refractivity contribution in [1.82, 2.24) is 16.0 Å². The summed E-state index contributed by atoms with van der Waals surface area (Å²) >= 11 is 0. The van der Waals surface area contributed by atoms with Crippen LogP contribution in [0.4, 0.5) is 0 Å². The fraction of sp³-hybridized carbons (Fsp3) is 0.714. The number of carbonyl (C=O) groups is 4. The first-order chi connectivity index (χ1) is 11.1. The number of aliphatic hydroxyl groups is 1. The van der Waals surface area contributed by atoms with Crippen molar-refractivity contribution in [1.29, 1.82) is 0 Å². The zero-order valence-corrected chi connectivity index (χ0v) is 14.0. The lowest BCUT2D eigenvalue weighted by molar-refractivity contribution is -0.138. The highest BCUT2D eigenvalue weighted by Crippen LogP contribution is 2.06. The van der Waals surface area contributed by atoms with Crippen molar-refractivity contribution in [3.63, 3.8) is 0 Å². The molecular weight excluding hydrogens is 320 g/mol. The summed E-state index contributed by atoms with van der Waals surface area (Å²) in [5.74, 6) is -3.07. The topological polar surface area (TPSA) is 171 Å². The number of carboxylic acid groups (broad SMARTS) is 1. The molecule has 0 aromatic rings. The van der Waals surface area contributed by atoms with Gasteiger partial charge < -0.3 is 31.9 Å². The molecule has 24 heavy (non-hydrogen) atoms. The van der Waals surface area contributed by atoms with Crippen molar-refractivity contribution >= 4 is 23.7 Å². The van der Waals surface area contributed by atoms with Crippen LogP contribution in [0.5, 0.6) is 0 Å². The van der Waals surface area contributed by atoms with E-state index in [9.17, 15) is 19.2 Å². The molecule has 3 atom stereocenters. The van der Waals surface area contributed by atoms with Crippen LogP contribution in [0.1, 0.15) is 27.2 Å². The molecule has 0 rings (SSSR count). The zero-order chi connectivity index (χ0) is 18.9. The molecule has 138 valence electrons. The number of amides is 3. The first-order valence-corrected chi connectivity index (χ1v) is 7.55. The van der Waals surface area contributed by atoms with E-state index in [-0.39, 0.29) is 5.92 Å². The van der Waals surface area contributed by atoms with Gasteiger partial charge in [0.15, 0.2) is 0 Å². The van der Waals surface area contributed by atoms with Gasteiger partial charge in [0, 0.05) is 0 Å². The maximum absolute atomic E-state index is 12.3. The van der Waals surface area contributed by atoms with Crippen molar-refractivity contribution in [3.05, 3.63) is 0 Å². The zero-order valence-electron chi connectivity index (χ0n) is 14.0. The molecule has 10 nitrogen and oxygen atoms in total. The number of nitrogens with two attached hydrogens (primary N) is 1. The van der Waals surface area contributed by atoms with E-state index in [0.717, 1.165) is 0 Å². The van der Waals surface area contributed by atoms with Gasteiger partial charge in [0.05, 0.1) is 6.61 Å². The van der Waals surface area contributed by atoms with Crippen molar-refractivity contribution in [3.8, 4) is 0 Å². The summed E-state index contributed by atoms with van der Waals surface area (Å²) in [6.07, 6.45) is 0.305. The molecule has 0 aromatic carbocycles. The maximum Gasteiger partial charge on any atom is 0.322 e. The SMILES string of the molecule is CC(C)CC(NC(=O)C(N)CO)C(=O)NC(C)C(=O)NCC(=O)O. The Hall–Kier alpha value is -2.20. The minimum absolute atomic E-state index is 0.0718. The number of carbonyl (C=O) groups excluding carboxylic acids is 3.